The smallest absolute Gasteiger partial charge is 0.386 e. The lowest BCUT2D eigenvalue weighted by atomic mass is 9.93. The Hall–Kier alpha value is -2.63. The molecule has 1 aliphatic heterocycles. The third kappa shape index (κ3) is 4.68. The number of alkyl halides is 3. The Kier molecular flexibility index (Phi) is 5.39. The maximum atomic E-state index is 12.0. The van der Waals surface area contributed by atoms with E-state index in [1.165, 1.54) is 6.20 Å². The molecular formula is C15H14F3N3O3. The number of esters is 2. The van der Waals surface area contributed by atoms with Crippen molar-refractivity contribution in [2.45, 2.75) is 25.4 Å². The molecule has 1 aromatic rings. The highest BCUT2D eigenvalue weighted by Gasteiger charge is 2.42. The maximum absolute atomic E-state index is 12.0. The Labute approximate surface area is 135 Å². The van der Waals surface area contributed by atoms with Gasteiger partial charge in [-0.15, -0.1) is 0 Å². The van der Waals surface area contributed by atoms with Crippen LogP contribution in [0.2, 0.25) is 0 Å². The summed E-state index contributed by atoms with van der Waals surface area (Å²) in [6.07, 6.45) is -2.80. The Morgan fingerprint density at radius 2 is 2.00 bits per heavy atom. The molecular weight excluding hydrogens is 327 g/mol. The molecule has 0 saturated carbocycles. The van der Waals surface area contributed by atoms with Crippen LogP contribution in [-0.4, -0.2) is 36.2 Å². The fourth-order valence-electron chi connectivity index (χ4n) is 2.44. The Bertz CT molecular complexity index is 645. The van der Waals surface area contributed by atoms with Crippen LogP contribution in [0.1, 0.15) is 24.8 Å². The Morgan fingerprint density at radius 1 is 1.33 bits per heavy atom. The first-order chi connectivity index (χ1) is 11.3. The minimum atomic E-state index is -5.17. The standard InChI is InChI=1S/C15H14F3N3O3/c16-15(17,18)14(23)24-13(22)7-10-3-5-21(6-4-10)12-2-1-11(8-19)9-20-12/h1-2,9-10H,3-7H2. The van der Waals surface area contributed by atoms with Crippen molar-refractivity contribution in [1.82, 2.24) is 4.98 Å². The second-order valence-electron chi connectivity index (χ2n) is 5.41. The first-order valence-electron chi connectivity index (χ1n) is 7.22. The van der Waals surface area contributed by atoms with E-state index in [1.54, 1.807) is 12.1 Å². The molecule has 0 atom stereocenters. The van der Waals surface area contributed by atoms with Gasteiger partial charge in [-0.25, -0.2) is 9.78 Å². The van der Waals surface area contributed by atoms with E-state index in [0.717, 1.165) is 0 Å². The molecule has 0 amide bonds. The molecule has 2 heterocycles. The molecule has 1 fully saturated rings. The molecule has 6 nitrogen and oxygen atoms in total. The van der Waals surface area contributed by atoms with Gasteiger partial charge in [0.25, 0.3) is 0 Å². The van der Waals surface area contributed by atoms with E-state index >= 15 is 0 Å². The second kappa shape index (κ2) is 7.29. The van der Waals surface area contributed by atoms with Gasteiger partial charge < -0.3 is 9.64 Å². The summed E-state index contributed by atoms with van der Waals surface area (Å²) < 4.78 is 39.9. The third-order valence-corrected chi connectivity index (χ3v) is 3.71. The molecule has 1 aliphatic rings. The summed E-state index contributed by atoms with van der Waals surface area (Å²) in [7, 11) is 0. The normalized spacial score (nSPS) is 15.7. The number of nitrogens with zero attached hydrogens (tertiary/aromatic N) is 3. The summed E-state index contributed by atoms with van der Waals surface area (Å²) in [5.74, 6) is -3.09. The predicted octanol–water partition coefficient (Wildman–Crippen LogP) is 2.19. The Morgan fingerprint density at radius 3 is 2.50 bits per heavy atom. The van der Waals surface area contributed by atoms with Gasteiger partial charge in [0.15, 0.2) is 0 Å². The van der Waals surface area contributed by atoms with Crippen LogP contribution in [0.3, 0.4) is 0 Å². The SMILES string of the molecule is N#Cc1ccc(N2CCC(CC(=O)OC(=O)C(F)(F)F)CC2)nc1. The van der Waals surface area contributed by atoms with Crippen LogP contribution in [-0.2, 0) is 14.3 Å². The van der Waals surface area contributed by atoms with Gasteiger partial charge in [0.2, 0.25) is 0 Å². The van der Waals surface area contributed by atoms with Crippen molar-refractivity contribution in [3.05, 3.63) is 23.9 Å². The topological polar surface area (TPSA) is 83.3 Å². The molecule has 0 radical (unpaired) electrons. The van der Waals surface area contributed by atoms with E-state index in [9.17, 15) is 22.8 Å². The number of hydrogen-bond donors (Lipinski definition) is 0. The number of carbonyl (C=O) groups excluding carboxylic acids is 2. The summed E-state index contributed by atoms with van der Waals surface area (Å²) in [5, 5.41) is 8.73. The van der Waals surface area contributed by atoms with E-state index in [0.29, 0.717) is 37.3 Å². The van der Waals surface area contributed by atoms with Gasteiger partial charge in [-0.2, -0.15) is 18.4 Å². The monoisotopic (exact) mass is 341 g/mol. The highest BCUT2D eigenvalue weighted by Crippen LogP contribution is 2.25. The summed E-state index contributed by atoms with van der Waals surface area (Å²) in [6.45, 7) is 1.15. The molecule has 0 spiro atoms. The minimum absolute atomic E-state index is 0.145. The van der Waals surface area contributed by atoms with E-state index in [4.69, 9.17) is 5.26 Å². The second-order valence-corrected chi connectivity index (χ2v) is 5.41. The van der Waals surface area contributed by atoms with Gasteiger partial charge in [0.1, 0.15) is 11.9 Å². The first-order valence-corrected chi connectivity index (χ1v) is 7.22. The maximum Gasteiger partial charge on any atom is 0.491 e. The highest BCUT2D eigenvalue weighted by molar-refractivity contribution is 5.88. The first kappa shape index (κ1) is 17.7. The van der Waals surface area contributed by atoms with Crippen LogP contribution in [0.15, 0.2) is 18.3 Å². The number of anilines is 1. The quantitative estimate of drug-likeness (QED) is 0.619. The fraction of sp³-hybridized carbons (Fsp3) is 0.467. The van der Waals surface area contributed by atoms with Gasteiger partial charge in [-0.1, -0.05) is 0 Å². The molecule has 0 N–H and O–H groups in total. The summed E-state index contributed by atoms with van der Waals surface area (Å²) >= 11 is 0. The van der Waals surface area contributed by atoms with Crippen LogP contribution in [0.4, 0.5) is 19.0 Å². The van der Waals surface area contributed by atoms with E-state index < -0.39 is 18.1 Å². The van der Waals surface area contributed by atoms with Gasteiger partial charge in [0.05, 0.1) is 5.56 Å². The van der Waals surface area contributed by atoms with Gasteiger partial charge in [0, 0.05) is 25.7 Å². The average molecular weight is 341 g/mol. The van der Waals surface area contributed by atoms with Crippen molar-refractivity contribution in [2.24, 2.45) is 5.92 Å². The molecule has 1 aromatic heterocycles. The largest absolute Gasteiger partial charge is 0.491 e. The van der Waals surface area contributed by atoms with E-state index in [1.807, 2.05) is 11.0 Å². The predicted molar refractivity (Wildman–Crippen MR) is 75.7 cm³/mol. The van der Waals surface area contributed by atoms with Crippen molar-refractivity contribution in [3.63, 3.8) is 0 Å². The van der Waals surface area contributed by atoms with Crippen molar-refractivity contribution in [2.75, 3.05) is 18.0 Å². The zero-order valence-electron chi connectivity index (χ0n) is 12.5. The lowest BCUT2D eigenvalue weighted by Crippen LogP contribution is -2.35. The van der Waals surface area contributed by atoms with Crippen molar-refractivity contribution >= 4 is 17.8 Å². The van der Waals surface area contributed by atoms with Gasteiger partial charge >= 0.3 is 18.1 Å². The highest BCUT2D eigenvalue weighted by atomic mass is 19.4. The molecule has 0 aromatic carbocycles. The number of hydrogen-bond acceptors (Lipinski definition) is 6. The van der Waals surface area contributed by atoms with Crippen LogP contribution in [0, 0.1) is 17.2 Å². The number of rotatable bonds is 3. The lowest BCUT2D eigenvalue weighted by Gasteiger charge is -2.32. The lowest BCUT2D eigenvalue weighted by molar-refractivity contribution is -0.202. The number of halogens is 3. The number of carbonyl (C=O) groups is 2. The molecule has 0 aliphatic carbocycles. The van der Waals surface area contributed by atoms with E-state index in [2.05, 4.69) is 9.72 Å². The number of nitriles is 1. The molecule has 24 heavy (non-hydrogen) atoms. The van der Waals surface area contributed by atoms with Crippen molar-refractivity contribution < 1.29 is 27.5 Å². The van der Waals surface area contributed by atoms with Crippen LogP contribution >= 0.6 is 0 Å². The number of aromatic nitrogens is 1. The summed E-state index contributed by atoms with van der Waals surface area (Å²) in [6, 6.07) is 5.34. The minimum Gasteiger partial charge on any atom is -0.386 e. The Balaban J connectivity index is 1.81. The van der Waals surface area contributed by atoms with Crippen molar-refractivity contribution in [3.8, 4) is 6.07 Å². The number of ether oxygens (including phenoxy) is 1. The molecule has 1 saturated heterocycles. The van der Waals surface area contributed by atoms with Crippen LogP contribution < -0.4 is 4.90 Å². The van der Waals surface area contributed by atoms with Gasteiger partial charge in [-0.3, -0.25) is 4.79 Å². The zero-order chi connectivity index (χ0) is 17.7. The number of pyridine rings is 1. The van der Waals surface area contributed by atoms with Crippen LogP contribution in [0.25, 0.3) is 0 Å². The summed E-state index contributed by atoms with van der Waals surface area (Å²) in [5.41, 5.74) is 0.450. The van der Waals surface area contributed by atoms with Gasteiger partial charge in [-0.05, 0) is 30.9 Å². The third-order valence-electron chi connectivity index (χ3n) is 3.71. The number of piperidine rings is 1. The average Bonchev–Trinajstić information content (AvgIpc) is 2.54. The van der Waals surface area contributed by atoms with Crippen molar-refractivity contribution in [1.29, 1.82) is 5.26 Å². The van der Waals surface area contributed by atoms with Crippen LogP contribution in [0.5, 0.6) is 0 Å². The molecule has 0 unspecified atom stereocenters. The fourth-order valence-corrected chi connectivity index (χ4v) is 2.44. The zero-order valence-corrected chi connectivity index (χ0v) is 12.5. The van der Waals surface area contributed by atoms with E-state index in [-0.39, 0.29) is 12.3 Å². The molecule has 9 heteroatoms. The molecule has 0 bridgehead atoms. The molecule has 2 rings (SSSR count). The molecule has 128 valence electrons. The summed E-state index contributed by atoms with van der Waals surface area (Å²) in [4.78, 5) is 28.1.